The summed E-state index contributed by atoms with van der Waals surface area (Å²) >= 11 is 5.96. The fourth-order valence-electron chi connectivity index (χ4n) is 2.85. The van der Waals surface area contributed by atoms with E-state index in [2.05, 4.69) is 15.7 Å². The van der Waals surface area contributed by atoms with Crippen molar-refractivity contribution in [2.45, 2.75) is 19.8 Å². The molecule has 1 aromatic heterocycles. The van der Waals surface area contributed by atoms with Gasteiger partial charge < -0.3 is 16.4 Å². The maximum absolute atomic E-state index is 12.8. The number of rotatable bonds is 5. The minimum Gasteiger partial charge on any atom is -0.351 e. The molecular weight excluding hydrogens is 378 g/mol. The molecule has 0 saturated heterocycles. The molecule has 3 aromatic rings. The molecule has 7 nitrogen and oxygen atoms in total. The Labute approximate surface area is 167 Å². The molecule has 0 aliphatic rings. The van der Waals surface area contributed by atoms with E-state index in [1.165, 1.54) is 0 Å². The van der Waals surface area contributed by atoms with Gasteiger partial charge in [-0.3, -0.25) is 4.79 Å². The normalized spacial score (nSPS) is 10.7. The van der Waals surface area contributed by atoms with Gasteiger partial charge in [0.1, 0.15) is 0 Å². The highest BCUT2D eigenvalue weighted by molar-refractivity contribution is 6.30. The minimum absolute atomic E-state index is 0.0704. The summed E-state index contributed by atoms with van der Waals surface area (Å²) in [6.07, 6.45) is 1.56. The molecule has 8 heteroatoms. The van der Waals surface area contributed by atoms with Crippen LogP contribution in [0.25, 0.3) is 5.69 Å². The average Bonchev–Trinajstić information content (AvgIpc) is 3.09. The van der Waals surface area contributed by atoms with Gasteiger partial charge in [0.05, 0.1) is 23.1 Å². The molecule has 1 heterocycles. The van der Waals surface area contributed by atoms with Crippen LogP contribution >= 0.6 is 11.6 Å². The number of hydrogen-bond donors (Lipinski definition) is 3. The number of primary amides is 1. The van der Waals surface area contributed by atoms with Gasteiger partial charge in [0.15, 0.2) is 0 Å². The van der Waals surface area contributed by atoms with Crippen LogP contribution in [0.4, 0.5) is 16.2 Å². The van der Waals surface area contributed by atoms with Crippen molar-refractivity contribution in [1.82, 2.24) is 9.78 Å². The van der Waals surface area contributed by atoms with Crippen LogP contribution in [-0.4, -0.2) is 21.7 Å². The smallest absolute Gasteiger partial charge is 0.316 e. The lowest BCUT2D eigenvalue weighted by atomic mass is 10.0. The van der Waals surface area contributed by atoms with E-state index in [0.29, 0.717) is 22.0 Å². The molecule has 0 aliphatic heterocycles. The largest absolute Gasteiger partial charge is 0.351 e. The van der Waals surface area contributed by atoms with Crippen LogP contribution < -0.4 is 16.4 Å². The zero-order valence-electron chi connectivity index (χ0n) is 15.4. The van der Waals surface area contributed by atoms with E-state index in [-0.39, 0.29) is 11.8 Å². The van der Waals surface area contributed by atoms with Crippen LogP contribution in [0.5, 0.6) is 0 Å². The molecule has 2 aromatic carbocycles. The third-order valence-corrected chi connectivity index (χ3v) is 4.33. The lowest BCUT2D eigenvalue weighted by molar-refractivity contribution is 0.102. The van der Waals surface area contributed by atoms with Gasteiger partial charge in [-0.25, -0.2) is 9.48 Å². The Kier molecular flexibility index (Phi) is 5.65. The second-order valence-electron chi connectivity index (χ2n) is 6.51. The summed E-state index contributed by atoms with van der Waals surface area (Å²) in [7, 11) is 0. The van der Waals surface area contributed by atoms with E-state index in [1.54, 1.807) is 47.3 Å². The summed E-state index contributed by atoms with van der Waals surface area (Å²) < 4.78 is 1.75. The second-order valence-corrected chi connectivity index (χ2v) is 6.94. The lowest BCUT2D eigenvalue weighted by Crippen LogP contribution is -2.19. The molecular formula is C20H20ClN5O2. The number of benzene rings is 2. The van der Waals surface area contributed by atoms with Crippen molar-refractivity contribution in [2.24, 2.45) is 5.73 Å². The fraction of sp³-hybridized carbons (Fsp3) is 0.150. The first-order chi connectivity index (χ1) is 13.3. The zero-order chi connectivity index (χ0) is 20.3. The molecule has 0 saturated carbocycles. The van der Waals surface area contributed by atoms with Crippen molar-refractivity contribution in [3.05, 3.63) is 71.0 Å². The van der Waals surface area contributed by atoms with Crippen LogP contribution in [-0.2, 0) is 0 Å². The summed E-state index contributed by atoms with van der Waals surface area (Å²) in [5.74, 6) is -0.194. The summed E-state index contributed by atoms with van der Waals surface area (Å²) in [5.41, 5.74) is 8.34. The number of aromatic nitrogens is 2. The van der Waals surface area contributed by atoms with Crippen molar-refractivity contribution in [3.8, 4) is 5.69 Å². The number of halogens is 1. The van der Waals surface area contributed by atoms with E-state index >= 15 is 0 Å². The number of urea groups is 1. The van der Waals surface area contributed by atoms with Gasteiger partial charge in [0.25, 0.3) is 5.91 Å². The number of nitrogens with two attached hydrogens (primary N) is 1. The van der Waals surface area contributed by atoms with E-state index in [9.17, 15) is 9.59 Å². The van der Waals surface area contributed by atoms with Crippen LogP contribution in [0.1, 0.15) is 35.8 Å². The first-order valence-corrected chi connectivity index (χ1v) is 9.04. The summed E-state index contributed by atoms with van der Waals surface area (Å²) in [5, 5.41) is 10.4. The quantitative estimate of drug-likeness (QED) is 0.594. The van der Waals surface area contributed by atoms with Crippen LogP contribution in [0.15, 0.2) is 54.7 Å². The third kappa shape index (κ3) is 4.32. The van der Waals surface area contributed by atoms with Crippen molar-refractivity contribution in [1.29, 1.82) is 0 Å². The molecule has 4 N–H and O–H groups in total. The molecule has 3 amide bonds. The molecule has 0 atom stereocenters. The Morgan fingerprint density at radius 2 is 1.57 bits per heavy atom. The Morgan fingerprint density at radius 1 is 1.00 bits per heavy atom. The Morgan fingerprint density at radius 3 is 2.11 bits per heavy atom. The topological polar surface area (TPSA) is 102 Å². The lowest BCUT2D eigenvalue weighted by Gasteiger charge is -2.13. The van der Waals surface area contributed by atoms with Gasteiger partial charge >= 0.3 is 6.03 Å². The van der Waals surface area contributed by atoms with Crippen molar-refractivity contribution < 1.29 is 9.59 Å². The van der Waals surface area contributed by atoms with Crippen molar-refractivity contribution in [2.75, 3.05) is 10.6 Å². The molecule has 0 bridgehead atoms. The van der Waals surface area contributed by atoms with E-state index in [1.807, 2.05) is 26.0 Å². The second kappa shape index (κ2) is 8.14. The van der Waals surface area contributed by atoms with Crippen LogP contribution in [0, 0.1) is 0 Å². The predicted octanol–water partition coefficient (Wildman–Crippen LogP) is 4.39. The van der Waals surface area contributed by atoms with Crippen LogP contribution in [0.3, 0.4) is 0 Å². The SMILES string of the molecule is CC(C)c1c(C(=O)Nc2ccc(NC(N)=O)cc2)cnn1-c1ccc(Cl)cc1. The van der Waals surface area contributed by atoms with Gasteiger partial charge in [-0.15, -0.1) is 0 Å². The molecule has 28 heavy (non-hydrogen) atoms. The van der Waals surface area contributed by atoms with Gasteiger partial charge in [-0.1, -0.05) is 25.4 Å². The van der Waals surface area contributed by atoms with Crippen molar-refractivity contribution in [3.63, 3.8) is 0 Å². The maximum atomic E-state index is 12.8. The number of carbonyl (C=O) groups is 2. The monoisotopic (exact) mass is 397 g/mol. The summed E-state index contributed by atoms with van der Waals surface area (Å²) in [6, 6.07) is 13.3. The predicted molar refractivity (Wildman–Crippen MR) is 110 cm³/mol. The molecule has 0 radical (unpaired) electrons. The standard InChI is InChI=1S/C20H20ClN5O2/c1-12(2)18-17(11-23-26(18)16-9-3-13(21)4-10-16)19(27)24-14-5-7-15(8-6-14)25-20(22)28/h3-12H,1-2H3,(H,24,27)(H3,22,25,28). The Bertz CT molecular complexity index is 994. The number of nitrogens with zero attached hydrogens (tertiary/aromatic N) is 2. The number of anilines is 2. The van der Waals surface area contributed by atoms with Gasteiger partial charge in [-0.2, -0.15) is 5.10 Å². The molecule has 3 rings (SSSR count). The van der Waals surface area contributed by atoms with Crippen LogP contribution in [0.2, 0.25) is 5.02 Å². The van der Waals surface area contributed by atoms with Crippen molar-refractivity contribution >= 4 is 34.9 Å². The molecule has 0 unspecified atom stereocenters. The number of carbonyl (C=O) groups excluding carboxylic acids is 2. The molecule has 0 aliphatic carbocycles. The third-order valence-electron chi connectivity index (χ3n) is 4.08. The molecule has 144 valence electrons. The minimum atomic E-state index is -0.645. The summed E-state index contributed by atoms with van der Waals surface area (Å²) in [4.78, 5) is 23.7. The first-order valence-electron chi connectivity index (χ1n) is 8.67. The van der Waals surface area contributed by atoms with Gasteiger partial charge in [-0.05, 0) is 54.4 Å². The molecule has 0 fully saturated rings. The maximum Gasteiger partial charge on any atom is 0.316 e. The van der Waals surface area contributed by atoms with E-state index in [4.69, 9.17) is 17.3 Å². The highest BCUT2D eigenvalue weighted by atomic mass is 35.5. The fourth-order valence-corrected chi connectivity index (χ4v) is 2.98. The van der Waals surface area contributed by atoms with E-state index in [0.717, 1.165) is 11.4 Å². The zero-order valence-corrected chi connectivity index (χ0v) is 16.2. The number of amides is 3. The summed E-state index contributed by atoms with van der Waals surface area (Å²) in [6.45, 7) is 4.01. The number of nitrogens with one attached hydrogen (secondary N) is 2. The Hall–Kier alpha value is -3.32. The van der Waals surface area contributed by atoms with Gasteiger partial charge in [0, 0.05) is 16.4 Å². The highest BCUT2D eigenvalue weighted by Crippen LogP contribution is 2.25. The highest BCUT2D eigenvalue weighted by Gasteiger charge is 2.21. The van der Waals surface area contributed by atoms with E-state index < -0.39 is 6.03 Å². The Balaban J connectivity index is 1.85. The first kappa shape index (κ1) is 19.4. The van der Waals surface area contributed by atoms with Gasteiger partial charge in [0.2, 0.25) is 0 Å². The number of hydrogen-bond acceptors (Lipinski definition) is 3. The average molecular weight is 398 g/mol. The molecule has 0 spiro atoms.